The van der Waals surface area contributed by atoms with Crippen LogP contribution in [0.5, 0.6) is 0 Å². The molecule has 3 nitrogen and oxygen atoms in total. The molecule has 0 unspecified atom stereocenters. The van der Waals surface area contributed by atoms with E-state index in [9.17, 15) is 0 Å². The van der Waals surface area contributed by atoms with E-state index in [1.165, 1.54) is 60.3 Å². The van der Waals surface area contributed by atoms with E-state index < -0.39 is 0 Å². The fourth-order valence-electron chi connectivity index (χ4n) is 8.39. The predicted octanol–water partition coefficient (Wildman–Crippen LogP) is 13.1. The summed E-state index contributed by atoms with van der Waals surface area (Å²) in [5.41, 5.74) is 13.5. The summed E-state index contributed by atoms with van der Waals surface area (Å²) in [6.07, 6.45) is 0. The monoisotopic (exact) mass is 650 g/mol. The van der Waals surface area contributed by atoms with Crippen molar-refractivity contribution in [3.05, 3.63) is 182 Å². The molecule has 0 fully saturated rings. The minimum Gasteiger partial charge on any atom is -0.455 e. The smallest absolute Gasteiger partial charge is 0.143 e. The third-order valence-electron chi connectivity index (χ3n) is 10.5. The molecule has 0 aliphatic rings. The quantitative estimate of drug-likeness (QED) is 0.186. The Morgan fingerprint density at radius 2 is 0.824 bits per heavy atom. The number of nitrogens with zero attached hydrogens (tertiary/aromatic N) is 2. The van der Waals surface area contributed by atoms with Crippen molar-refractivity contribution in [1.82, 2.24) is 9.13 Å². The highest BCUT2D eigenvalue weighted by Crippen LogP contribution is 2.44. The van der Waals surface area contributed by atoms with Gasteiger partial charge in [-0.3, -0.25) is 0 Å². The Balaban J connectivity index is 1.14. The molecule has 0 saturated heterocycles. The van der Waals surface area contributed by atoms with Gasteiger partial charge in [0.05, 0.1) is 22.1 Å². The van der Waals surface area contributed by atoms with Crippen molar-refractivity contribution in [1.29, 1.82) is 0 Å². The maximum Gasteiger partial charge on any atom is 0.143 e. The maximum atomic E-state index is 6.79. The standard InChI is InChI=1S/C48H30N2O/c1-3-14-32(15-4-1)49-41-24-9-7-18-38(41)46-34(20-12-26-43(46)49)31-28-29-45-40(30-31)37-23-11-22-36(48(37)51-45)35-21-13-27-44-47(35)39-19-8-10-25-42(39)50(44)33-16-5-2-6-17-33/h1-30H. The van der Waals surface area contributed by atoms with Gasteiger partial charge >= 0.3 is 0 Å². The Morgan fingerprint density at radius 3 is 1.47 bits per heavy atom. The molecule has 0 aliphatic carbocycles. The molecule has 0 amide bonds. The van der Waals surface area contributed by atoms with Crippen LogP contribution in [0.2, 0.25) is 0 Å². The van der Waals surface area contributed by atoms with Gasteiger partial charge in [0, 0.05) is 49.3 Å². The van der Waals surface area contributed by atoms with Crippen LogP contribution in [0, 0.1) is 0 Å². The first-order valence-electron chi connectivity index (χ1n) is 17.4. The zero-order chi connectivity index (χ0) is 33.5. The summed E-state index contributed by atoms with van der Waals surface area (Å²) < 4.78 is 11.5. The molecule has 0 radical (unpaired) electrons. The highest BCUT2D eigenvalue weighted by Gasteiger charge is 2.20. The molecule has 0 spiro atoms. The third kappa shape index (κ3) is 4.06. The number of fused-ring (bicyclic) bond motifs is 9. The van der Waals surface area contributed by atoms with Crippen LogP contribution in [-0.2, 0) is 0 Å². The Bertz CT molecular complexity index is 3130. The molecule has 3 heteroatoms. The lowest BCUT2D eigenvalue weighted by atomic mass is 9.96. The molecular formula is C48H30N2O. The fraction of sp³-hybridized carbons (Fsp3) is 0. The summed E-state index contributed by atoms with van der Waals surface area (Å²) in [6, 6.07) is 65.2. The van der Waals surface area contributed by atoms with Crippen molar-refractivity contribution in [2.24, 2.45) is 0 Å². The Hall–Kier alpha value is -6.84. The van der Waals surface area contributed by atoms with Gasteiger partial charge in [0.15, 0.2) is 0 Å². The van der Waals surface area contributed by atoms with Crippen LogP contribution in [0.1, 0.15) is 0 Å². The van der Waals surface area contributed by atoms with E-state index in [0.29, 0.717) is 0 Å². The lowest BCUT2D eigenvalue weighted by molar-refractivity contribution is 0.670. The average Bonchev–Trinajstić information content (AvgIpc) is 3.86. The molecule has 0 saturated carbocycles. The lowest BCUT2D eigenvalue weighted by Crippen LogP contribution is -1.92. The highest BCUT2D eigenvalue weighted by molar-refractivity contribution is 6.20. The van der Waals surface area contributed by atoms with Crippen molar-refractivity contribution in [3.63, 3.8) is 0 Å². The van der Waals surface area contributed by atoms with Crippen LogP contribution in [0.25, 0.3) is 99.2 Å². The highest BCUT2D eigenvalue weighted by atomic mass is 16.3. The van der Waals surface area contributed by atoms with Crippen LogP contribution < -0.4 is 0 Å². The number of rotatable bonds is 4. The summed E-state index contributed by atoms with van der Waals surface area (Å²) in [5.74, 6) is 0. The molecule has 51 heavy (non-hydrogen) atoms. The van der Waals surface area contributed by atoms with E-state index in [1.54, 1.807) is 0 Å². The van der Waals surface area contributed by atoms with Crippen LogP contribution in [-0.4, -0.2) is 9.13 Å². The molecule has 3 aromatic heterocycles. The lowest BCUT2D eigenvalue weighted by Gasteiger charge is -2.09. The number of furan rings is 1. The molecule has 3 heterocycles. The first-order chi connectivity index (χ1) is 25.3. The molecule has 0 N–H and O–H groups in total. The second-order valence-corrected chi connectivity index (χ2v) is 13.3. The molecule has 0 bridgehead atoms. The fourth-order valence-corrected chi connectivity index (χ4v) is 8.39. The maximum absolute atomic E-state index is 6.79. The van der Waals surface area contributed by atoms with Gasteiger partial charge < -0.3 is 13.6 Å². The van der Waals surface area contributed by atoms with Crippen LogP contribution in [0.4, 0.5) is 0 Å². The van der Waals surface area contributed by atoms with E-state index in [4.69, 9.17) is 4.42 Å². The van der Waals surface area contributed by atoms with Crippen LogP contribution >= 0.6 is 0 Å². The van der Waals surface area contributed by atoms with Crippen LogP contribution in [0.15, 0.2) is 186 Å². The second kappa shape index (κ2) is 10.8. The summed E-state index contributed by atoms with van der Waals surface area (Å²) in [6.45, 7) is 0. The molecule has 0 aliphatic heterocycles. The Kier molecular flexibility index (Phi) is 5.96. The minimum atomic E-state index is 0.888. The zero-order valence-electron chi connectivity index (χ0n) is 27.6. The van der Waals surface area contributed by atoms with Gasteiger partial charge in [-0.25, -0.2) is 0 Å². The predicted molar refractivity (Wildman–Crippen MR) is 213 cm³/mol. The van der Waals surface area contributed by atoms with Gasteiger partial charge in [-0.1, -0.05) is 121 Å². The summed E-state index contributed by atoms with van der Waals surface area (Å²) >= 11 is 0. The second-order valence-electron chi connectivity index (χ2n) is 13.3. The van der Waals surface area contributed by atoms with Gasteiger partial charge in [0.1, 0.15) is 11.2 Å². The minimum absolute atomic E-state index is 0.888. The number of aromatic nitrogens is 2. The van der Waals surface area contributed by atoms with Gasteiger partial charge in [-0.2, -0.15) is 0 Å². The van der Waals surface area contributed by atoms with Crippen molar-refractivity contribution >= 4 is 65.6 Å². The van der Waals surface area contributed by atoms with E-state index in [1.807, 2.05) is 0 Å². The van der Waals surface area contributed by atoms with Gasteiger partial charge in [0.25, 0.3) is 0 Å². The van der Waals surface area contributed by atoms with E-state index in [0.717, 1.165) is 38.9 Å². The number of hydrogen-bond acceptors (Lipinski definition) is 1. The number of hydrogen-bond donors (Lipinski definition) is 0. The molecule has 8 aromatic carbocycles. The first-order valence-corrected chi connectivity index (χ1v) is 17.4. The van der Waals surface area contributed by atoms with Crippen molar-refractivity contribution in [3.8, 4) is 33.6 Å². The topological polar surface area (TPSA) is 23.0 Å². The van der Waals surface area contributed by atoms with Gasteiger partial charge in [0.2, 0.25) is 0 Å². The van der Waals surface area contributed by atoms with Crippen LogP contribution in [0.3, 0.4) is 0 Å². The molecule has 11 rings (SSSR count). The molecule has 0 atom stereocenters. The van der Waals surface area contributed by atoms with Gasteiger partial charge in [-0.05, 0) is 77.4 Å². The normalized spacial score (nSPS) is 11.9. The molecule has 11 aromatic rings. The largest absolute Gasteiger partial charge is 0.455 e. The van der Waals surface area contributed by atoms with E-state index in [2.05, 4.69) is 191 Å². The Morgan fingerprint density at radius 1 is 0.333 bits per heavy atom. The molecular weight excluding hydrogens is 621 g/mol. The first kappa shape index (κ1) is 28.0. The SMILES string of the molecule is c1ccc(-n2c3ccccc3c3c(-c4ccc5oc6c(-c7cccc8c7c7ccccc7n8-c7ccccc7)cccc6c5c4)cccc32)cc1. The zero-order valence-corrected chi connectivity index (χ0v) is 27.6. The third-order valence-corrected chi connectivity index (χ3v) is 10.5. The van der Waals surface area contributed by atoms with Crippen molar-refractivity contribution in [2.45, 2.75) is 0 Å². The summed E-state index contributed by atoms with van der Waals surface area (Å²) in [7, 11) is 0. The molecule has 238 valence electrons. The Labute approximate surface area is 293 Å². The summed E-state index contributed by atoms with van der Waals surface area (Å²) in [5, 5.41) is 7.19. The van der Waals surface area contributed by atoms with E-state index in [-0.39, 0.29) is 0 Å². The van der Waals surface area contributed by atoms with Crippen molar-refractivity contribution < 1.29 is 4.42 Å². The number of para-hydroxylation sites is 5. The van der Waals surface area contributed by atoms with E-state index >= 15 is 0 Å². The number of benzene rings is 8. The average molecular weight is 651 g/mol. The van der Waals surface area contributed by atoms with Crippen molar-refractivity contribution in [2.75, 3.05) is 0 Å². The summed E-state index contributed by atoms with van der Waals surface area (Å²) in [4.78, 5) is 0. The van der Waals surface area contributed by atoms with Gasteiger partial charge in [-0.15, -0.1) is 0 Å².